The molecule has 1 heterocycles. The van der Waals surface area contributed by atoms with Gasteiger partial charge in [-0.15, -0.1) is 10.2 Å². The zero-order valence-corrected chi connectivity index (χ0v) is 20.1. The molecule has 10 heteroatoms. The van der Waals surface area contributed by atoms with Crippen LogP contribution < -0.4 is 4.74 Å². The summed E-state index contributed by atoms with van der Waals surface area (Å²) in [5.74, 6) is -0.576. The van der Waals surface area contributed by atoms with Crippen molar-refractivity contribution in [2.75, 3.05) is 0 Å². The molecule has 0 aliphatic heterocycles. The van der Waals surface area contributed by atoms with E-state index in [-0.39, 0.29) is 6.04 Å². The van der Waals surface area contributed by atoms with Crippen molar-refractivity contribution in [3.63, 3.8) is 0 Å². The van der Waals surface area contributed by atoms with E-state index in [2.05, 4.69) is 28.9 Å². The van der Waals surface area contributed by atoms with E-state index in [1.165, 1.54) is 37.3 Å². The van der Waals surface area contributed by atoms with Gasteiger partial charge in [0, 0.05) is 18.2 Å². The first-order valence-electron chi connectivity index (χ1n) is 10.6. The molecule has 0 aliphatic rings. The highest BCUT2D eigenvalue weighted by Crippen LogP contribution is 2.32. The minimum absolute atomic E-state index is 0.195. The summed E-state index contributed by atoms with van der Waals surface area (Å²) in [4.78, 5) is 13.4. The fraction of sp³-hybridized carbons (Fsp3) is 0.375. The molecule has 0 atom stereocenters. The Morgan fingerprint density at radius 2 is 1.65 bits per heavy atom. The molecule has 34 heavy (non-hydrogen) atoms. The van der Waals surface area contributed by atoms with Crippen molar-refractivity contribution >= 4 is 17.3 Å². The number of benzene rings is 2. The number of alkyl halides is 3. The minimum atomic E-state index is -4.38. The molecule has 0 spiro atoms. The first-order chi connectivity index (χ1) is 15.8. The van der Waals surface area contributed by atoms with Gasteiger partial charge in [0.1, 0.15) is 15.8 Å². The van der Waals surface area contributed by atoms with Crippen molar-refractivity contribution < 1.29 is 27.8 Å². The summed E-state index contributed by atoms with van der Waals surface area (Å²) in [5.41, 5.74) is -0.419. The number of hydrogen-bond acceptors (Lipinski definition) is 6. The molecule has 0 saturated heterocycles. The number of halogens is 3. The Morgan fingerprint density at radius 3 is 2.18 bits per heavy atom. The van der Waals surface area contributed by atoms with E-state index in [1.807, 2.05) is 12.1 Å². The second-order valence-electron chi connectivity index (χ2n) is 8.64. The van der Waals surface area contributed by atoms with Gasteiger partial charge in [-0.2, -0.15) is 13.2 Å². The van der Waals surface area contributed by atoms with Crippen LogP contribution in [0.3, 0.4) is 0 Å². The summed E-state index contributed by atoms with van der Waals surface area (Å²) in [5, 5.41) is 18.9. The molecule has 0 amide bonds. The van der Waals surface area contributed by atoms with Crippen LogP contribution in [0.5, 0.6) is 5.75 Å². The summed E-state index contributed by atoms with van der Waals surface area (Å²) >= 11 is 1.35. The molecule has 6 nitrogen and oxygen atoms in total. The Hall–Kier alpha value is -2.98. The second kappa shape index (κ2) is 10.1. The summed E-state index contributed by atoms with van der Waals surface area (Å²) in [6, 6.07) is 12.3. The van der Waals surface area contributed by atoms with Crippen molar-refractivity contribution in [2.24, 2.45) is 0 Å². The van der Waals surface area contributed by atoms with E-state index in [9.17, 15) is 23.1 Å². The van der Waals surface area contributed by atoms with Crippen LogP contribution in [-0.4, -0.2) is 37.8 Å². The van der Waals surface area contributed by atoms with E-state index in [1.54, 1.807) is 12.1 Å². The molecule has 3 rings (SSSR count). The Labute approximate surface area is 200 Å². The van der Waals surface area contributed by atoms with Crippen molar-refractivity contribution in [1.82, 2.24) is 15.1 Å². The number of hydrogen-bond donors (Lipinski definition) is 1. The molecule has 1 N–H and O–H groups in total. The van der Waals surface area contributed by atoms with Gasteiger partial charge < -0.3 is 9.84 Å². The number of ether oxygens (including phenoxy) is 1. The molecule has 0 bridgehead atoms. The highest BCUT2D eigenvalue weighted by atomic mass is 32.1. The van der Waals surface area contributed by atoms with Gasteiger partial charge in [0.05, 0.1) is 12.1 Å². The number of aliphatic carboxylic acids is 1. The number of aromatic nitrogens is 2. The second-order valence-corrected chi connectivity index (χ2v) is 9.70. The van der Waals surface area contributed by atoms with E-state index in [4.69, 9.17) is 4.74 Å². The maximum absolute atomic E-state index is 12.8. The average Bonchev–Trinajstić information content (AvgIpc) is 3.22. The van der Waals surface area contributed by atoms with E-state index in [0.717, 1.165) is 22.7 Å². The standard InChI is InChI=1S/C24H26F3N3O3S/c1-15(2)30(13-16-5-11-19(12-6-16)33-23(3,4)22(31)32)14-20-28-29-21(34-20)17-7-9-18(10-8-17)24(25,26)27/h5-12,15H,13-14H2,1-4H3,(H,31,32). The van der Waals surface area contributed by atoms with E-state index in [0.29, 0.717) is 29.4 Å². The zero-order valence-electron chi connectivity index (χ0n) is 19.3. The Balaban J connectivity index is 1.67. The summed E-state index contributed by atoms with van der Waals surface area (Å²) in [6.07, 6.45) is -4.38. The Kier molecular flexibility index (Phi) is 7.62. The maximum Gasteiger partial charge on any atom is 0.416 e. The van der Waals surface area contributed by atoms with Crippen molar-refractivity contribution in [3.8, 4) is 16.3 Å². The normalized spacial score (nSPS) is 12.4. The molecule has 182 valence electrons. The average molecular weight is 494 g/mol. The third kappa shape index (κ3) is 6.54. The minimum Gasteiger partial charge on any atom is -0.478 e. The summed E-state index contributed by atoms with van der Waals surface area (Å²) < 4.78 is 43.9. The lowest BCUT2D eigenvalue weighted by Crippen LogP contribution is -2.37. The molecule has 3 aromatic rings. The number of carboxylic acids is 1. The lowest BCUT2D eigenvalue weighted by atomic mass is 10.1. The molecule has 0 unspecified atom stereocenters. The molecule has 0 fully saturated rings. The van der Waals surface area contributed by atoms with Crippen LogP contribution in [-0.2, 0) is 24.1 Å². The topological polar surface area (TPSA) is 75.5 Å². The quantitative estimate of drug-likeness (QED) is 0.401. The van der Waals surface area contributed by atoms with Gasteiger partial charge in [0.25, 0.3) is 0 Å². The van der Waals surface area contributed by atoms with Crippen LogP contribution in [0.2, 0.25) is 0 Å². The Morgan fingerprint density at radius 1 is 1.03 bits per heavy atom. The van der Waals surface area contributed by atoms with Crippen LogP contribution in [0, 0.1) is 0 Å². The highest BCUT2D eigenvalue weighted by Gasteiger charge is 2.30. The van der Waals surface area contributed by atoms with Crippen molar-refractivity contribution in [2.45, 2.75) is 58.6 Å². The lowest BCUT2D eigenvalue weighted by molar-refractivity contribution is -0.152. The van der Waals surface area contributed by atoms with Gasteiger partial charge in [-0.1, -0.05) is 35.6 Å². The largest absolute Gasteiger partial charge is 0.478 e. The molecule has 0 saturated carbocycles. The number of carboxylic acid groups (broad SMARTS) is 1. The van der Waals surface area contributed by atoms with Gasteiger partial charge in [0.2, 0.25) is 0 Å². The van der Waals surface area contributed by atoms with Gasteiger partial charge in [-0.3, -0.25) is 4.90 Å². The van der Waals surface area contributed by atoms with Gasteiger partial charge >= 0.3 is 12.1 Å². The fourth-order valence-corrected chi connectivity index (χ4v) is 3.94. The third-order valence-corrected chi connectivity index (χ3v) is 6.15. The molecule has 2 aromatic carbocycles. The first-order valence-corrected chi connectivity index (χ1v) is 11.4. The lowest BCUT2D eigenvalue weighted by Gasteiger charge is -2.26. The van der Waals surface area contributed by atoms with E-state index < -0.39 is 23.3 Å². The summed E-state index contributed by atoms with van der Waals surface area (Å²) in [7, 11) is 0. The summed E-state index contributed by atoms with van der Waals surface area (Å²) in [6.45, 7) is 8.25. The van der Waals surface area contributed by atoms with Crippen LogP contribution >= 0.6 is 11.3 Å². The predicted octanol–water partition coefficient (Wildman–Crippen LogP) is 5.88. The highest BCUT2D eigenvalue weighted by molar-refractivity contribution is 7.14. The van der Waals surface area contributed by atoms with Crippen LogP contribution in [0.4, 0.5) is 13.2 Å². The predicted molar refractivity (Wildman–Crippen MR) is 124 cm³/mol. The van der Waals surface area contributed by atoms with E-state index >= 15 is 0 Å². The Bertz CT molecular complexity index is 1110. The van der Waals surface area contributed by atoms with Crippen molar-refractivity contribution in [1.29, 1.82) is 0 Å². The van der Waals surface area contributed by atoms with Crippen LogP contribution in [0.15, 0.2) is 48.5 Å². The third-order valence-electron chi connectivity index (χ3n) is 5.19. The SMILES string of the molecule is CC(C)N(Cc1ccc(OC(C)(C)C(=O)O)cc1)Cc1nnc(-c2ccc(C(F)(F)F)cc2)s1. The maximum atomic E-state index is 12.8. The first kappa shape index (κ1) is 25.6. The van der Waals surface area contributed by atoms with Crippen LogP contribution in [0.1, 0.15) is 43.8 Å². The molecule has 0 aliphatic carbocycles. The molecule has 0 radical (unpaired) electrons. The number of rotatable bonds is 9. The molecular formula is C24H26F3N3O3S. The monoisotopic (exact) mass is 493 g/mol. The van der Waals surface area contributed by atoms with Crippen LogP contribution in [0.25, 0.3) is 10.6 Å². The molecular weight excluding hydrogens is 467 g/mol. The number of nitrogens with zero attached hydrogens (tertiary/aromatic N) is 3. The smallest absolute Gasteiger partial charge is 0.416 e. The fourth-order valence-electron chi connectivity index (χ4n) is 3.07. The number of carbonyl (C=O) groups is 1. The zero-order chi connectivity index (χ0) is 25.1. The van der Waals surface area contributed by atoms with Gasteiger partial charge in [-0.25, -0.2) is 4.79 Å². The van der Waals surface area contributed by atoms with Gasteiger partial charge in [-0.05, 0) is 57.5 Å². The molecule has 1 aromatic heterocycles. The van der Waals surface area contributed by atoms with Crippen molar-refractivity contribution in [3.05, 3.63) is 64.7 Å². The van der Waals surface area contributed by atoms with Gasteiger partial charge in [0.15, 0.2) is 5.60 Å².